The first-order valence-electron chi connectivity index (χ1n) is 6.37. The lowest BCUT2D eigenvalue weighted by molar-refractivity contribution is 0.623. The van der Waals surface area contributed by atoms with Gasteiger partial charge in [0, 0.05) is 21.2 Å². The van der Waals surface area contributed by atoms with E-state index in [2.05, 4.69) is 46.4 Å². The molecule has 0 amide bonds. The lowest BCUT2D eigenvalue weighted by atomic mass is 10.2. The summed E-state index contributed by atoms with van der Waals surface area (Å²) in [6.45, 7) is 0.956. The van der Waals surface area contributed by atoms with Crippen LogP contribution in [0.25, 0.3) is 0 Å². The van der Waals surface area contributed by atoms with Crippen molar-refractivity contribution in [1.29, 1.82) is 0 Å². The van der Waals surface area contributed by atoms with Crippen LogP contribution in [0.15, 0.2) is 47.2 Å². The second-order valence-electron chi connectivity index (χ2n) is 4.37. The normalized spacial score (nSPS) is 11.3. The van der Waals surface area contributed by atoms with Crippen LogP contribution in [0.3, 0.4) is 0 Å². The molecular formula is C15H14ClNS3. The van der Waals surface area contributed by atoms with E-state index in [1.807, 2.05) is 6.07 Å². The topological polar surface area (TPSA) is 12.0 Å². The van der Waals surface area contributed by atoms with Crippen LogP contribution >= 0.6 is 45.6 Å². The molecular weight excluding hydrogens is 326 g/mol. The van der Waals surface area contributed by atoms with E-state index in [0.717, 1.165) is 17.3 Å². The molecule has 0 radical (unpaired) electrons. The molecule has 5 heteroatoms. The van der Waals surface area contributed by atoms with Crippen molar-refractivity contribution in [3.63, 3.8) is 0 Å². The average Bonchev–Trinajstić information content (AvgIpc) is 3.18. The van der Waals surface area contributed by atoms with Crippen LogP contribution in [-0.2, 0) is 6.42 Å². The summed E-state index contributed by atoms with van der Waals surface area (Å²) in [7, 11) is 0. The van der Waals surface area contributed by atoms with E-state index < -0.39 is 0 Å². The highest BCUT2D eigenvalue weighted by molar-refractivity contribution is 7.16. The first kappa shape index (κ1) is 14.3. The molecule has 3 aromatic rings. The van der Waals surface area contributed by atoms with Crippen molar-refractivity contribution in [1.82, 2.24) is 5.32 Å². The van der Waals surface area contributed by atoms with Crippen molar-refractivity contribution in [3.8, 4) is 0 Å². The van der Waals surface area contributed by atoms with Crippen LogP contribution in [0, 0.1) is 0 Å². The van der Waals surface area contributed by atoms with Gasteiger partial charge in [-0.1, -0.05) is 23.7 Å². The molecule has 0 atom stereocenters. The smallest absolute Gasteiger partial charge is 0.0931 e. The molecule has 0 aromatic carbocycles. The van der Waals surface area contributed by atoms with Crippen LogP contribution in [0.5, 0.6) is 0 Å². The van der Waals surface area contributed by atoms with Gasteiger partial charge in [-0.2, -0.15) is 0 Å². The van der Waals surface area contributed by atoms with E-state index >= 15 is 0 Å². The van der Waals surface area contributed by atoms with Crippen LogP contribution in [0.2, 0.25) is 4.34 Å². The predicted octanol–water partition coefficient (Wildman–Crippen LogP) is 5.45. The summed E-state index contributed by atoms with van der Waals surface area (Å²) >= 11 is 11.2. The molecule has 0 saturated heterocycles. The second-order valence-corrected chi connectivity index (χ2v) is 8.13. The highest BCUT2D eigenvalue weighted by atomic mass is 35.5. The summed E-state index contributed by atoms with van der Waals surface area (Å²) < 4.78 is 0.869. The fraction of sp³-hybridized carbons (Fsp3) is 0.200. The van der Waals surface area contributed by atoms with Crippen molar-refractivity contribution in [3.05, 3.63) is 66.1 Å². The van der Waals surface area contributed by atoms with Gasteiger partial charge >= 0.3 is 0 Å². The fourth-order valence-electron chi connectivity index (χ4n) is 2.08. The molecule has 104 valence electrons. The van der Waals surface area contributed by atoms with E-state index in [9.17, 15) is 0 Å². The summed E-state index contributed by atoms with van der Waals surface area (Å²) in [6.07, 6.45) is 1.02. The zero-order chi connectivity index (χ0) is 13.8. The van der Waals surface area contributed by atoms with Gasteiger partial charge in [-0.25, -0.2) is 0 Å². The average molecular weight is 340 g/mol. The monoisotopic (exact) mass is 339 g/mol. The minimum absolute atomic E-state index is 0.311. The molecule has 0 fully saturated rings. The molecule has 0 aliphatic rings. The highest BCUT2D eigenvalue weighted by Crippen LogP contribution is 2.29. The van der Waals surface area contributed by atoms with E-state index in [1.54, 1.807) is 34.0 Å². The maximum absolute atomic E-state index is 5.97. The number of rotatable bonds is 6. The zero-order valence-electron chi connectivity index (χ0n) is 10.7. The molecule has 3 rings (SSSR count). The van der Waals surface area contributed by atoms with Gasteiger partial charge in [0.05, 0.1) is 10.4 Å². The van der Waals surface area contributed by atoms with Crippen LogP contribution < -0.4 is 5.32 Å². The van der Waals surface area contributed by atoms with Gasteiger partial charge < -0.3 is 5.32 Å². The summed E-state index contributed by atoms with van der Waals surface area (Å²) in [5.74, 6) is 0. The summed E-state index contributed by atoms with van der Waals surface area (Å²) in [6, 6.07) is 13.0. The molecule has 0 aliphatic carbocycles. The Hall–Kier alpha value is -0.650. The van der Waals surface area contributed by atoms with Crippen molar-refractivity contribution >= 4 is 45.6 Å². The number of hydrogen-bond acceptors (Lipinski definition) is 4. The third-order valence-electron chi connectivity index (χ3n) is 3.00. The summed E-state index contributed by atoms with van der Waals surface area (Å²) in [5, 5.41) is 7.94. The SMILES string of the molecule is Clc1ccc(CCNC(c2cccs2)c2cccs2)s1. The third kappa shape index (κ3) is 3.51. The molecule has 0 spiro atoms. The van der Waals surface area contributed by atoms with Gasteiger partial charge in [-0.05, 0) is 41.4 Å². The number of nitrogens with one attached hydrogen (secondary N) is 1. The zero-order valence-corrected chi connectivity index (χ0v) is 13.9. The van der Waals surface area contributed by atoms with E-state index in [-0.39, 0.29) is 0 Å². The van der Waals surface area contributed by atoms with Crippen molar-refractivity contribution in [2.75, 3.05) is 6.54 Å². The fourth-order valence-corrected chi connectivity index (χ4v) is 4.88. The highest BCUT2D eigenvalue weighted by Gasteiger charge is 2.15. The molecule has 1 N–H and O–H groups in total. The number of thiophene rings is 3. The molecule has 0 bridgehead atoms. The Labute approximate surface area is 135 Å². The predicted molar refractivity (Wildman–Crippen MR) is 91.5 cm³/mol. The van der Waals surface area contributed by atoms with Crippen LogP contribution in [0.1, 0.15) is 20.7 Å². The van der Waals surface area contributed by atoms with Gasteiger partial charge in [-0.3, -0.25) is 0 Å². The lowest BCUT2D eigenvalue weighted by Gasteiger charge is -2.15. The van der Waals surface area contributed by atoms with E-state index in [4.69, 9.17) is 11.6 Å². The molecule has 20 heavy (non-hydrogen) atoms. The van der Waals surface area contributed by atoms with Crippen LogP contribution in [-0.4, -0.2) is 6.54 Å². The molecule has 1 nitrogen and oxygen atoms in total. The maximum Gasteiger partial charge on any atom is 0.0931 e. The molecule has 0 saturated carbocycles. The minimum Gasteiger partial charge on any atom is -0.305 e. The summed E-state index contributed by atoms with van der Waals surface area (Å²) in [4.78, 5) is 4.08. The largest absolute Gasteiger partial charge is 0.305 e. The van der Waals surface area contributed by atoms with E-state index in [0.29, 0.717) is 6.04 Å². The van der Waals surface area contributed by atoms with E-state index in [1.165, 1.54) is 14.6 Å². The Balaban J connectivity index is 1.65. The molecule has 0 unspecified atom stereocenters. The first-order valence-corrected chi connectivity index (χ1v) is 9.33. The third-order valence-corrected chi connectivity index (χ3v) is 6.17. The quantitative estimate of drug-likeness (QED) is 0.630. The van der Waals surface area contributed by atoms with Crippen molar-refractivity contribution < 1.29 is 0 Å². The second kappa shape index (κ2) is 6.87. The Morgan fingerprint density at radius 1 is 1.00 bits per heavy atom. The van der Waals surface area contributed by atoms with Gasteiger partial charge in [0.1, 0.15) is 0 Å². The number of halogens is 1. The van der Waals surface area contributed by atoms with Gasteiger partial charge in [0.25, 0.3) is 0 Å². The minimum atomic E-state index is 0.311. The van der Waals surface area contributed by atoms with Gasteiger partial charge in [-0.15, -0.1) is 34.0 Å². The first-order chi connectivity index (χ1) is 9.83. The van der Waals surface area contributed by atoms with Gasteiger partial charge in [0.2, 0.25) is 0 Å². The molecule has 0 aliphatic heterocycles. The summed E-state index contributed by atoms with van der Waals surface area (Å²) in [5.41, 5.74) is 0. The Morgan fingerprint density at radius 2 is 1.70 bits per heavy atom. The van der Waals surface area contributed by atoms with Crippen molar-refractivity contribution in [2.24, 2.45) is 0 Å². The van der Waals surface area contributed by atoms with Crippen LogP contribution in [0.4, 0.5) is 0 Å². The Morgan fingerprint density at radius 3 is 2.20 bits per heavy atom. The lowest BCUT2D eigenvalue weighted by Crippen LogP contribution is -2.23. The maximum atomic E-state index is 5.97. The molecule has 3 aromatic heterocycles. The standard InChI is InChI=1S/C15H14ClNS3/c16-14-6-5-11(20-14)7-8-17-15(12-3-1-9-18-12)13-4-2-10-19-13/h1-6,9-10,15,17H,7-8H2. The van der Waals surface area contributed by atoms with Crippen molar-refractivity contribution in [2.45, 2.75) is 12.5 Å². The Kier molecular flexibility index (Phi) is 4.91. The van der Waals surface area contributed by atoms with Gasteiger partial charge in [0.15, 0.2) is 0 Å². The Bertz CT molecular complexity index is 594. The molecule has 3 heterocycles. The number of hydrogen-bond donors (Lipinski definition) is 1.